The lowest BCUT2D eigenvalue weighted by Gasteiger charge is -2.14. The van der Waals surface area contributed by atoms with Crippen LogP contribution in [0.15, 0.2) is 47.4 Å². The monoisotopic (exact) mass is 409 g/mol. The number of rotatable bonds is 10. The first-order chi connectivity index (χ1) is 13.3. The molecule has 0 radical (unpaired) electrons. The van der Waals surface area contributed by atoms with Crippen LogP contribution in [0.5, 0.6) is 5.75 Å². The Morgan fingerprint density at radius 2 is 1.82 bits per heavy atom. The molecule has 2 aromatic carbocycles. The third-order valence-corrected chi connectivity index (χ3v) is 5.48. The van der Waals surface area contributed by atoms with Gasteiger partial charge in [-0.2, -0.15) is 0 Å². The van der Waals surface area contributed by atoms with E-state index in [0.717, 1.165) is 11.6 Å². The molecule has 0 spiro atoms. The summed E-state index contributed by atoms with van der Waals surface area (Å²) in [6, 6.07) is 10.5. The molecule has 0 saturated carbocycles. The molecule has 28 heavy (non-hydrogen) atoms. The van der Waals surface area contributed by atoms with Gasteiger partial charge in [0.1, 0.15) is 11.4 Å². The van der Waals surface area contributed by atoms with Crippen molar-refractivity contribution in [2.45, 2.75) is 24.4 Å². The van der Waals surface area contributed by atoms with Crippen LogP contribution in [0.4, 0.5) is 11.4 Å². The smallest absolute Gasteiger partial charge is 0.293 e. The Morgan fingerprint density at radius 1 is 1.14 bits per heavy atom. The largest absolute Gasteiger partial charge is 0.497 e. The average Bonchev–Trinajstić information content (AvgIpc) is 2.66. The Labute approximate surface area is 163 Å². The Kier molecular flexibility index (Phi) is 7.32. The first-order valence-electron chi connectivity index (χ1n) is 8.43. The van der Waals surface area contributed by atoms with E-state index in [-0.39, 0.29) is 22.9 Å². The zero-order valence-electron chi connectivity index (χ0n) is 15.8. The summed E-state index contributed by atoms with van der Waals surface area (Å²) in [6.45, 7) is 2.16. The van der Waals surface area contributed by atoms with Crippen LogP contribution in [0, 0.1) is 10.1 Å². The van der Waals surface area contributed by atoms with Gasteiger partial charge in [-0.15, -0.1) is 0 Å². The molecule has 0 aromatic heterocycles. The Morgan fingerprint density at radius 3 is 2.39 bits per heavy atom. The van der Waals surface area contributed by atoms with E-state index < -0.39 is 21.0 Å². The molecule has 10 heteroatoms. The molecular weight excluding hydrogens is 386 g/mol. The van der Waals surface area contributed by atoms with Crippen LogP contribution in [0.1, 0.15) is 12.5 Å². The predicted molar refractivity (Wildman–Crippen MR) is 105 cm³/mol. The van der Waals surface area contributed by atoms with Crippen LogP contribution in [0.25, 0.3) is 0 Å². The number of methoxy groups -OCH3 is 2. The highest BCUT2D eigenvalue weighted by molar-refractivity contribution is 7.89. The van der Waals surface area contributed by atoms with Crippen molar-refractivity contribution in [1.29, 1.82) is 0 Å². The lowest BCUT2D eigenvalue weighted by molar-refractivity contribution is -0.384. The van der Waals surface area contributed by atoms with E-state index in [1.54, 1.807) is 26.2 Å². The molecule has 0 fully saturated rings. The number of anilines is 1. The number of hydrogen-bond acceptors (Lipinski definition) is 7. The zero-order chi connectivity index (χ0) is 20.7. The van der Waals surface area contributed by atoms with E-state index in [4.69, 9.17) is 9.47 Å². The van der Waals surface area contributed by atoms with Crippen molar-refractivity contribution in [3.63, 3.8) is 0 Å². The van der Waals surface area contributed by atoms with E-state index in [2.05, 4.69) is 10.0 Å². The quantitative estimate of drug-likeness (QED) is 0.457. The van der Waals surface area contributed by atoms with E-state index in [0.29, 0.717) is 12.3 Å². The van der Waals surface area contributed by atoms with Gasteiger partial charge < -0.3 is 14.8 Å². The molecule has 2 rings (SSSR count). The number of sulfonamides is 1. The second kappa shape index (κ2) is 9.49. The van der Waals surface area contributed by atoms with Crippen LogP contribution in [-0.2, 0) is 21.3 Å². The number of nitro groups is 1. The van der Waals surface area contributed by atoms with E-state index in [1.807, 2.05) is 12.1 Å². The lowest BCUT2D eigenvalue weighted by atomic mass is 10.2. The zero-order valence-corrected chi connectivity index (χ0v) is 16.7. The molecule has 0 unspecified atom stereocenters. The molecule has 2 N–H and O–H groups in total. The van der Waals surface area contributed by atoms with Crippen LogP contribution in [0.2, 0.25) is 0 Å². The molecular formula is C18H23N3O6S. The molecule has 0 aliphatic rings. The standard InChI is InChI=1S/C18H23N3O6S/c1-13(12-26-2)20-28(24,25)16-8-9-17(18(10-16)21(22)23)19-11-14-4-6-15(27-3)7-5-14/h4-10,13,19-20H,11-12H2,1-3H3/t13-/m0/s1. The highest BCUT2D eigenvalue weighted by Gasteiger charge is 2.23. The molecule has 152 valence electrons. The number of nitrogens with zero attached hydrogens (tertiary/aromatic N) is 1. The van der Waals surface area contributed by atoms with Gasteiger partial charge in [-0.3, -0.25) is 10.1 Å². The van der Waals surface area contributed by atoms with Gasteiger partial charge in [0.15, 0.2) is 0 Å². The summed E-state index contributed by atoms with van der Waals surface area (Å²) in [5.74, 6) is 0.708. The number of ether oxygens (including phenoxy) is 2. The van der Waals surface area contributed by atoms with Crippen molar-refractivity contribution in [2.75, 3.05) is 26.1 Å². The minimum atomic E-state index is -3.91. The van der Waals surface area contributed by atoms with Crippen molar-refractivity contribution >= 4 is 21.4 Å². The molecule has 0 saturated heterocycles. The molecule has 2 aromatic rings. The summed E-state index contributed by atoms with van der Waals surface area (Å²) >= 11 is 0. The Balaban J connectivity index is 2.21. The number of nitrogens with one attached hydrogen (secondary N) is 2. The van der Waals surface area contributed by atoms with Gasteiger partial charge in [0.2, 0.25) is 10.0 Å². The molecule has 1 atom stereocenters. The minimum absolute atomic E-state index is 0.183. The molecule has 0 aliphatic heterocycles. The van der Waals surface area contributed by atoms with Gasteiger partial charge in [0.25, 0.3) is 5.69 Å². The second-order valence-corrected chi connectivity index (χ2v) is 7.83. The molecule has 9 nitrogen and oxygen atoms in total. The van der Waals surface area contributed by atoms with Crippen LogP contribution in [0.3, 0.4) is 0 Å². The maximum atomic E-state index is 12.4. The molecule has 0 amide bonds. The van der Waals surface area contributed by atoms with Gasteiger partial charge in [-0.1, -0.05) is 12.1 Å². The van der Waals surface area contributed by atoms with Crippen molar-refractivity contribution in [3.8, 4) is 5.75 Å². The van der Waals surface area contributed by atoms with Crippen LogP contribution < -0.4 is 14.8 Å². The van der Waals surface area contributed by atoms with Crippen molar-refractivity contribution in [1.82, 2.24) is 4.72 Å². The van der Waals surface area contributed by atoms with Gasteiger partial charge in [-0.25, -0.2) is 13.1 Å². The summed E-state index contributed by atoms with van der Waals surface area (Å²) in [5.41, 5.74) is 0.794. The van der Waals surface area contributed by atoms with Crippen molar-refractivity contribution in [3.05, 3.63) is 58.1 Å². The van der Waals surface area contributed by atoms with Gasteiger partial charge in [-0.05, 0) is 36.8 Å². The fourth-order valence-electron chi connectivity index (χ4n) is 2.54. The SMILES string of the molecule is COC[C@H](C)NS(=O)(=O)c1ccc(NCc2ccc(OC)cc2)c([N+](=O)[O-])c1. The van der Waals surface area contributed by atoms with E-state index in [1.165, 1.54) is 19.2 Å². The summed E-state index contributed by atoms with van der Waals surface area (Å²) < 4.78 is 37.3. The first kappa shape index (κ1) is 21.6. The average molecular weight is 409 g/mol. The molecule has 0 heterocycles. The second-order valence-electron chi connectivity index (χ2n) is 6.12. The van der Waals surface area contributed by atoms with Gasteiger partial charge in [0, 0.05) is 25.8 Å². The summed E-state index contributed by atoms with van der Waals surface area (Å²) in [4.78, 5) is 10.6. The Bertz CT molecular complexity index is 915. The highest BCUT2D eigenvalue weighted by Crippen LogP contribution is 2.28. The Hall–Kier alpha value is -2.69. The summed E-state index contributed by atoms with van der Waals surface area (Å²) in [6.07, 6.45) is 0. The van der Waals surface area contributed by atoms with Crippen LogP contribution >= 0.6 is 0 Å². The fourth-order valence-corrected chi connectivity index (χ4v) is 3.78. The molecule has 0 bridgehead atoms. The van der Waals surface area contributed by atoms with E-state index >= 15 is 0 Å². The summed E-state index contributed by atoms with van der Waals surface area (Å²) in [7, 11) is -0.882. The number of nitro benzene ring substituents is 1. The maximum absolute atomic E-state index is 12.4. The number of hydrogen-bond donors (Lipinski definition) is 2. The lowest BCUT2D eigenvalue weighted by Crippen LogP contribution is -2.35. The number of benzene rings is 2. The first-order valence-corrected chi connectivity index (χ1v) is 9.91. The topological polar surface area (TPSA) is 120 Å². The van der Waals surface area contributed by atoms with E-state index in [9.17, 15) is 18.5 Å². The minimum Gasteiger partial charge on any atom is -0.497 e. The maximum Gasteiger partial charge on any atom is 0.293 e. The fraction of sp³-hybridized carbons (Fsp3) is 0.333. The third kappa shape index (κ3) is 5.65. The van der Waals surface area contributed by atoms with Crippen molar-refractivity contribution in [2.24, 2.45) is 0 Å². The summed E-state index contributed by atoms with van der Waals surface area (Å²) in [5, 5.41) is 14.4. The normalized spacial score (nSPS) is 12.4. The third-order valence-electron chi connectivity index (χ3n) is 3.89. The van der Waals surface area contributed by atoms with Gasteiger partial charge in [0.05, 0.1) is 23.5 Å². The predicted octanol–water partition coefficient (Wildman–Crippen LogP) is 2.53. The highest BCUT2D eigenvalue weighted by atomic mass is 32.2. The van der Waals surface area contributed by atoms with Gasteiger partial charge >= 0.3 is 0 Å². The van der Waals surface area contributed by atoms with Crippen LogP contribution in [-0.4, -0.2) is 40.2 Å². The van der Waals surface area contributed by atoms with Crippen molar-refractivity contribution < 1.29 is 22.8 Å². The molecule has 0 aliphatic carbocycles.